The lowest BCUT2D eigenvalue weighted by atomic mass is 11.8. The van der Waals surface area contributed by atoms with Crippen molar-refractivity contribution < 1.29 is 108 Å². The summed E-state index contributed by atoms with van der Waals surface area (Å²) in [6.07, 6.45) is 0. The molecule has 0 saturated heterocycles. The zero-order valence-corrected chi connectivity index (χ0v) is 51.3. The van der Waals surface area contributed by atoms with Crippen molar-refractivity contribution in [2.24, 2.45) is 0 Å². The van der Waals surface area contributed by atoms with Crippen LogP contribution in [0.3, 0.4) is 0 Å². The van der Waals surface area contributed by atoms with Crippen molar-refractivity contribution in [2.45, 2.75) is 26.2 Å². The second-order valence-electron chi connectivity index (χ2n) is 10.2. The third kappa shape index (κ3) is 11.9. The molecule has 0 saturated carbocycles. The standard InChI is InChI=1S/C8H36O24Si22/c1-21-47(8,33)31-54(51(40-15,41-16)26-35-10,52(42-17,43-18)27-36-11)50(32-49(38-13,39-14)25-34-9,53(44-19,28-37-12)45(5)20)30-46(6,7)29-48(22-2,23-3)24-4/h9-20H,1-8H3. The second-order valence-corrected chi connectivity index (χ2v) is 99.2. The van der Waals surface area contributed by atoms with E-state index in [9.17, 15) is 57.5 Å². The minimum absolute atomic E-state index is 1.17. The Bertz CT molecular complexity index is 1020. The summed E-state index contributed by atoms with van der Waals surface area (Å²) in [6, 6.07) is 0. The van der Waals surface area contributed by atoms with Gasteiger partial charge in [-0.25, -0.2) is 0 Å². The van der Waals surface area contributed by atoms with E-state index in [1.807, 2.05) is 0 Å². The summed E-state index contributed by atoms with van der Waals surface area (Å²) in [6.45, 7) is -15.9. The molecule has 12 N–H and O–H groups in total. The molecule has 0 aliphatic heterocycles. The average molecular weight is 1130 g/mol. The summed E-state index contributed by atoms with van der Waals surface area (Å²) in [4.78, 5) is 134. The van der Waals surface area contributed by atoms with E-state index < -0.39 is 182 Å². The van der Waals surface area contributed by atoms with Gasteiger partial charge in [0.2, 0.25) is 68.7 Å². The molecule has 300 valence electrons. The molecular formula is C8H36O24Si22. The minimum Gasteiger partial charge on any atom is -0.438 e. The largest absolute Gasteiger partial charge is 0.669 e. The lowest BCUT2D eigenvalue weighted by Gasteiger charge is -2.64. The van der Waals surface area contributed by atoms with Crippen molar-refractivity contribution in [3.8, 4) is 0 Å². The van der Waals surface area contributed by atoms with E-state index in [0.717, 1.165) is 0 Å². The molecule has 0 fully saturated rings. The van der Waals surface area contributed by atoms with Crippen LogP contribution in [0.2, 0.25) is 26.2 Å². The van der Waals surface area contributed by atoms with Crippen molar-refractivity contribution in [1.29, 1.82) is 0 Å². The quantitative estimate of drug-likeness (QED) is 0.0278. The predicted octanol–water partition coefficient (Wildman–Crippen LogP) is -12.9. The first-order valence-electron chi connectivity index (χ1n) is 13.6. The molecule has 0 rings (SSSR count). The Labute approximate surface area is 351 Å². The summed E-state index contributed by atoms with van der Waals surface area (Å²) < 4.78 is 73.4. The first kappa shape index (κ1) is 57.8. The van der Waals surface area contributed by atoms with Gasteiger partial charge < -0.3 is 108 Å². The molecule has 0 aromatic heterocycles. The summed E-state index contributed by atoms with van der Waals surface area (Å²) in [5.74, 6) is 0. The van der Waals surface area contributed by atoms with Crippen LogP contribution in [0.25, 0.3) is 0 Å². The molecule has 0 heterocycles. The molecule has 54 heavy (non-hydrogen) atoms. The molecule has 3 unspecified atom stereocenters. The van der Waals surface area contributed by atoms with E-state index in [-0.39, 0.29) is 0 Å². The summed E-state index contributed by atoms with van der Waals surface area (Å²) in [5.41, 5.74) is 0. The van der Waals surface area contributed by atoms with Crippen LogP contribution < -0.4 is 0 Å². The van der Waals surface area contributed by atoms with Gasteiger partial charge in [-0.1, -0.05) is 0 Å². The molecule has 0 aliphatic rings. The first-order chi connectivity index (χ1) is 25.2. The lowest BCUT2D eigenvalue weighted by Crippen LogP contribution is -3.07. The van der Waals surface area contributed by atoms with Crippen LogP contribution in [0.4, 0.5) is 0 Å². The Morgan fingerprint density at radius 3 is 1.19 bits per heavy atom. The maximum atomic E-state index is 12.1. The molecule has 0 amide bonds. The third-order valence-electron chi connectivity index (χ3n) is 6.83. The van der Waals surface area contributed by atoms with Crippen LogP contribution in [0.1, 0.15) is 0 Å². The van der Waals surface area contributed by atoms with E-state index >= 15 is 0 Å². The Morgan fingerprint density at radius 2 is 0.907 bits per heavy atom. The van der Waals surface area contributed by atoms with Gasteiger partial charge in [0.15, 0.2) is 0 Å². The van der Waals surface area contributed by atoms with Crippen LogP contribution in [0.5, 0.6) is 0 Å². The highest BCUT2D eigenvalue weighted by Crippen LogP contribution is 2.47. The van der Waals surface area contributed by atoms with Crippen LogP contribution in [-0.2, 0) is 50.6 Å². The second kappa shape index (κ2) is 25.2. The normalized spacial score (nSPS) is 17.4. The van der Waals surface area contributed by atoms with Crippen molar-refractivity contribution >= 4 is 192 Å². The van der Waals surface area contributed by atoms with E-state index in [1.165, 1.54) is 54.6 Å². The van der Waals surface area contributed by atoms with E-state index in [4.69, 9.17) is 50.6 Å². The van der Waals surface area contributed by atoms with Crippen LogP contribution in [-0.4, -0.2) is 278 Å². The van der Waals surface area contributed by atoms with Gasteiger partial charge in [0.05, 0.1) is 9.76 Å². The molecule has 0 spiro atoms. The SMILES string of the molecule is CO[Si](C)([Si])O[Si]([Si](O[Si]O)([Si]O)[Si]O)([Si](O[Si]O)([Si]O)[Si]O)[Si](O[Si](C)(C)O[Si](OC)(OC)OC)(O[Si](O[Si]O)([Si]O)[Si]O)[Si](O[Si]O)([Si]O)[Si](C)O. The van der Waals surface area contributed by atoms with Gasteiger partial charge in [-0.2, -0.15) is 0 Å². The van der Waals surface area contributed by atoms with Crippen LogP contribution in [0.15, 0.2) is 0 Å². The molecule has 26 radical (unpaired) electrons. The fourth-order valence-corrected chi connectivity index (χ4v) is 267. The number of rotatable bonds is 32. The lowest BCUT2D eigenvalue weighted by molar-refractivity contribution is 0.0406. The maximum absolute atomic E-state index is 12.1. The fourth-order valence-electron chi connectivity index (χ4n) is 4.62. The highest BCUT2D eigenvalue weighted by molar-refractivity contribution is 8.16. The molecule has 3 atom stereocenters. The van der Waals surface area contributed by atoms with Crippen LogP contribution >= 0.6 is 0 Å². The first-order valence-corrected chi connectivity index (χ1v) is 57.2. The van der Waals surface area contributed by atoms with Gasteiger partial charge in [-0.3, -0.25) is 0 Å². The maximum Gasteiger partial charge on any atom is 0.669 e. The smallest absolute Gasteiger partial charge is 0.438 e. The van der Waals surface area contributed by atoms with Gasteiger partial charge in [0, 0.05) is 28.4 Å². The fraction of sp³-hybridized carbons (Fsp3) is 1.00. The van der Waals surface area contributed by atoms with Gasteiger partial charge in [-0.05, 0) is 26.2 Å². The number of hydrogen-bond donors (Lipinski definition) is 12. The van der Waals surface area contributed by atoms with Crippen molar-refractivity contribution in [3.05, 3.63) is 0 Å². The third-order valence-corrected chi connectivity index (χ3v) is 164. The Morgan fingerprint density at radius 1 is 0.500 bits per heavy atom. The zero-order valence-electron chi connectivity index (χ0n) is 29.3. The molecule has 0 bridgehead atoms. The summed E-state index contributed by atoms with van der Waals surface area (Å²) in [7, 11) is -36.2. The van der Waals surface area contributed by atoms with Crippen molar-refractivity contribution in [3.63, 3.8) is 0 Å². The minimum atomic E-state index is -5.96. The summed E-state index contributed by atoms with van der Waals surface area (Å²) >= 11 is 0. The highest BCUT2D eigenvalue weighted by atomic mass is 30.4. The average Bonchev–Trinajstić information content (AvgIpc) is 3.15. The monoisotopic (exact) mass is 1130 g/mol. The predicted molar refractivity (Wildman–Crippen MR) is 213 cm³/mol. The van der Waals surface area contributed by atoms with Crippen LogP contribution in [0, 0.1) is 0 Å². The van der Waals surface area contributed by atoms with Gasteiger partial charge in [0.1, 0.15) is 0 Å². The molecule has 0 aliphatic carbocycles. The van der Waals surface area contributed by atoms with E-state index in [1.54, 1.807) is 0 Å². The zero-order chi connectivity index (χ0) is 42.3. The van der Waals surface area contributed by atoms with Crippen molar-refractivity contribution in [1.82, 2.24) is 0 Å². The molecule has 24 nitrogen and oxygen atoms in total. The van der Waals surface area contributed by atoms with Gasteiger partial charge in [-0.15, -0.1) is 0 Å². The molecular weight excluding hydrogens is 1100 g/mol. The molecule has 46 heteroatoms. The topological polar surface area (TPSA) is 354 Å². The number of hydrogen-bond acceptors (Lipinski definition) is 24. The van der Waals surface area contributed by atoms with Gasteiger partial charge >= 0.3 is 72.8 Å². The van der Waals surface area contributed by atoms with E-state index in [0.29, 0.717) is 0 Å². The van der Waals surface area contributed by atoms with Gasteiger partial charge in [0.25, 0.3) is 40.4 Å². The Kier molecular flexibility index (Phi) is 27.0. The highest BCUT2D eigenvalue weighted by Gasteiger charge is 2.93. The Hall–Kier alpha value is 3.81. The summed E-state index contributed by atoms with van der Waals surface area (Å²) in [5, 5.41) is 0. The molecule has 0 aromatic carbocycles. The molecule has 0 aromatic rings. The Balaban J connectivity index is 10.3. The van der Waals surface area contributed by atoms with E-state index in [2.05, 4.69) is 9.76 Å². The van der Waals surface area contributed by atoms with Crippen molar-refractivity contribution in [2.75, 3.05) is 28.4 Å².